The molecule has 0 unspecified atom stereocenters. The molecule has 0 spiro atoms. The Morgan fingerprint density at radius 2 is 1.66 bits per heavy atom. The van der Waals surface area contributed by atoms with E-state index in [9.17, 15) is 13.2 Å². The van der Waals surface area contributed by atoms with E-state index in [0.29, 0.717) is 16.9 Å². The Labute approximate surface area is 175 Å². The van der Waals surface area contributed by atoms with Crippen molar-refractivity contribution < 1.29 is 13.2 Å². The third-order valence-electron chi connectivity index (χ3n) is 4.12. The SMILES string of the molecule is CCSc1ccccc1C(=O)Nc1ccc(S(=O)(=O)Nc2cccc(C)c2)cc1. The highest BCUT2D eigenvalue weighted by atomic mass is 32.2. The number of aryl methyl sites for hydroxylation is 1. The molecule has 150 valence electrons. The largest absolute Gasteiger partial charge is 0.322 e. The van der Waals surface area contributed by atoms with Crippen LogP contribution in [0, 0.1) is 6.92 Å². The number of nitrogens with one attached hydrogen (secondary N) is 2. The van der Waals surface area contributed by atoms with Gasteiger partial charge in [-0.3, -0.25) is 9.52 Å². The fraction of sp³-hybridized carbons (Fsp3) is 0.136. The van der Waals surface area contributed by atoms with E-state index < -0.39 is 10.0 Å². The molecule has 0 saturated carbocycles. The fourth-order valence-corrected chi connectivity index (χ4v) is 4.63. The van der Waals surface area contributed by atoms with Gasteiger partial charge in [-0.2, -0.15) is 0 Å². The lowest BCUT2D eigenvalue weighted by molar-refractivity contribution is 0.102. The zero-order valence-corrected chi connectivity index (χ0v) is 17.8. The average Bonchev–Trinajstić information content (AvgIpc) is 2.69. The summed E-state index contributed by atoms with van der Waals surface area (Å²) in [6.45, 7) is 3.93. The van der Waals surface area contributed by atoms with Crippen LogP contribution >= 0.6 is 11.8 Å². The number of sulfonamides is 1. The van der Waals surface area contributed by atoms with Crippen LogP contribution in [0.15, 0.2) is 82.6 Å². The third-order valence-corrected chi connectivity index (χ3v) is 6.48. The predicted octanol–water partition coefficient (Wildman–Crippen LogP) is 5.16. The zero-order chi connectivity index (χ0) is 20.9. The van der Waals surface area contributed by atoms with Crippen LogP contribution in [0.2, 0.25) is 0 Å². The Kier molecular flexibility index (Phi) is 6.61. The lowest BCUT2D eigenvalue weighted by Gasteiger charge is -2.11. The summed E-state index contributed by atoms with van der Waals surface area (Å²) in [6.07, 6.45) is 0. The summed E-state index contributed by atoms with van der Waals surface area (Å²) in [6, 6.07) is 20.7. The van der Waals surface area contributed by atoms with Gasteiger partial charge in [0.2, 0.25) is 0 Å². The number of anilines is 2. The van der Waals surface area contributed by atoms with Crippen molar-refractivity contribution in [3.63, 3.8) is 0 Å². The monoisotopic (exact) mass is 426 g/mol. The maximum absolute atomic E-state index is 12.6. The van der Waals surface area contributed by atoms with E-state index in [2.05, 4.69) is 10.0 Å². The molecule has 0 heterocycles. The number of rotatable bonds is 7. The molecule has 1 amide bonds. The van der Waals surface area contributed by atoms with Gasteiger partial charge in [-0.1, -0.05) is 31.2 Å². The van der Waals surface area contributed by atoms with Gasteiger partial charge in [-0.05, 0) is 66.8 Å². The second-order valence-electron chi connectivity index (χ2n) is 6.38. The van der Waals surface area contributed by atoms with Crippen molar-refractivity contribution in [1.82, 2.24) is 0 Å². The fourth-order valence-electron chi connectivity index (χ4n) is 2.77. The summed E-state index contributed by atoms with van der Waals surface area (Å²) >= 11 is 1.60. The highest BCUT2D eigenvalue weighted by molar-refractivity contribution is 7.99. The first-order valence-electron chi connectivity index (χ1n) is 9.12. The van der Waals surface area contributed by atoms with E-state index in [1.807, 2.05) is 38.1 Å². The Balaban J connectivity index is 1.74. The molecular formula is C22H22N2O3S2. The number of hydrogen-bond acceptors (Lipinski definition) is 4. The molecule has 3 rings (SSSR count). The summed E-state index contributed by atoms with van der Waals surface area (Å²) in [5, 5.41) is 2.83. The highest BCUT2D eigenvalue weighted by Crippen LogP contribution is 2.24. The molecule has 3 aromatic carbocycles. The van der Waals surface area contributed by atoms with E-state index in [1.54, 1.807) is 48.2 Å². The van der Waals surface area contributed by atoms with Crippen molar-refractivity contribution in [2.45, 2.75) is 23.6 Å². The summed E-state index contributed by atoms with van der Waals surface area (Å²) in [7, 11) is -3.71. The molecule has 0 radical (unpaired) electrons. The number of carbonyl (C=O) groups excluding carboxylic acids is 1. The number of amides is 1. The topological polar surface area (TPSA) is 75.3 Å². The molecule has 0 bridgehead atoms. The minimum absolute atomic E-state index is 0.124. The highest BCUT2D eigenvalue weighted by Gasteiger charge is 2.15. The first-order chi connectivity index (χ1) is 13.9. The van der Waals surface area contributed by atoms with Crippen LogP contribution in [-0.4, -0.2) is 20.1 Å². The second kappa shape index (κ2) is 9.15. The molecule has 7 heteroatoms. The van der Waals surface area contributed by atoms with Gasteiger partial charge in [0.25, 0.3) is 15.9 Å². The first-order valence-corrected chi connectivity index (χ1v) is 11.6. The van der Waals surface area contributed by atoms with Crippen molar-refractivity contribution in [3.8, 4) is 0 Å². The molecule has 3 aromatic rings. The van der Waals surface area contributed by atoms with Crippen molar-refractivity contribution in [3.05, 3.63) is 83.9 Å². The van der Waals surface area contributed by atoms with E-state index in [0.717, 1.165) is 16.2 Å². The van der Waals surface area contributed by atoms with Crippen LogP contribution in [0.5, 0.6) is 0 Å². The van der Waals surface area contributed by atoms with Gasteiger partial charge >= 0.3 is 0 Å². The standard InChI is InChI=1S/C22H22N2O3S2/c1-3-28-21-10-5-4-9-20(21)22(25)23-17-11-13-19(14-12-17)29(26,27)24-18-8-6-7-16(2)15-18/h4-15,24H,3H2,1-2H3,(H,23,25). The normalized spacial score (nSPS) is 11.1. The Bertz CT molecular complexity index is 1110. The van der Waals surface area contributed by atoms with Crippen LogP contribution in [0.25, 0.3) is 0 Å². The number of benzene rings is 3. The molecular weight excluding hydrogens is 404 g/mol. The maximum Gasteiger partial charge on any atom is 0.261 e. The lowest BCUT2D eigenvalue weighted by atomic mass is 10.2. The smallest absolute Gasteiger partial charge is 0.261 e. The second-order valence-corrected chi connectivity index (χ2v) is 9.37. The molecule has 0 saturated heterocycles. The summed E-state index contributed by atoms with van der Waals surface area (Å²) in [4.78, 5) is 13.6. The molecule has 0 atom stereocenters. The Morgan fingerprint density at radius 1 is 0.931 bits per heavy atom. The number of carbonyl (C=O) groups is 1. The van der Waals surface area contributed by atoms with Crippen molar-refractivity contribution in [1.29, 1.82) is 0 Å². The zero-order valence-electron chi connectivity index (χ0n) is 16.2. The van der Waals surface area contributed by atoms with E-state index in [-0.39, 0.29) is 10.8 Å². The molecule has 2 N–H and O–H groups in total. The van der Waals surface area contributed by atoms with Crippen LogP contribution < -0.4 is 10.0 Å². The molecule has 0 fully saturated rings. The average molecular weight is 427 g/mol. The van der Waals surface area contributed by atoms with Gasteiger partial charge < -0.3 is 5.32 Å². The molecule has 0 aliphatic carbocycles. The number of hydrogen-bond donors (Lipinski definition) is 2. The van der Waals surface area contributed by atoms with E-state index in [1.165, 1.54) is 12.1 Å². The molecule has 29 heavy (non-hydrogen) atoms. The van der Waals surface area contributed by atoms with Crippen LogP contribution in [-0.2, 0) is 10.0 Å². The minimum atomic E-state index is -3.71. The minimum Gasteiger partial charge on any atom is -0.322 e. The van der Waals surface area contributed by atoms with E-state index in [4.69, 9.17) is 0 Å². The number of thioether (sulfide) groups is 1. The van der Waals surface area contributed by atoms with Gasteiger partial charge in [-0.25, -0.2) is 8.42 Å². The van der Waals surface area contributed by atoms with Gasteiger partial charge in [0.15, 0.2) is 0 Å². The van der Waals surface area contributed by atoms with E-state index >= 15 is 0 Å². The van der Waals surface area contributed by atoms with Crippen LogP contribution in [0.1, 0.15) is 22.8 Å². The quantitative estimate of drug-likeness (QED) is 0.512. The van der Waals surface area contributed by atoms with Crippen molar-refractivity contribution in [2.24, 2.45) is 0 Å². The van der Waals surface area contributed by atoms with Crippen molar-refractivity contribution in [2.75, 3.05) is 15.8 Å². The van der Waals surface area contributed by atoms with Gasteiger partial charge in [0.05, 0.1) is 10.5 Å². The van der Waals surface area contributed by atoms with Gasteiger partial charge in [-0.15, -0.1) is 11.8 Å². The summed E-state index contributed by atoms with van der Waals surface area (Å²) in [5.74, 6) is 0.639. The molecule has 0 aliphatic heterocycles. The van der Waals surface area contributed by atoms with Crippen molar-refractivity contribution >= 4 is 39.1 Å². The van der Waals surface area contributed by atoms with Crippen LogP contribution in [0.4, 0.5) is 11.4 Å². The predicted molar refractivity (Wildman–Crippen MR) is 119 cm³/mol. The third kappa shape index (κ3) is 5.40. The molecule has 5 nitrogen and oxygen atoms in total. The summed E-state index contributed by atoms with van der Waals surface area (Å²) in [5.41, 5.74) is 2.59. The Hall–Kier alpha value is -2.77. The Morgan fingerprint density at radius 3 is 2.34 bits per heavy atom. The first kappa shape index (κ1) is 21.0. The van der Waals surface area contributed by atoms with Gasteiger partial charge in [0.1, 0.15) is 0 Å². The van der Waals surface area contributed by atoms with Gasteiger partial charge in [0, 0.05) is 16.3 Å². The van der Waals surface area contributed by atoms with Crippen LogP contribution in [0.3, 0.4) is 0 Å². The maximum atomic E-state index is 12.6. The summed E-state index contributed by atoms with van der Waals surface area (Å²) < 4.78 is 27.7. The molecule has 0 aliphatic rings. The lowest BCUT2D eigenvalue weighted by Crippen LogP contribution is -2.14. The molecule has 0 aromatic heterocycles.